The normalized spacial score (nSPS) is 9.95. The number of aromatic nitrogens is 2. The summed E-state index contributed by atoms with van der Waals surface area (Å²) in [6.07, 6.45) is 4.09. The standard InChI is InChI=1S/C13H11N3O3/c1-8-2-3-10(4-11(8)13(18)19)16-12(17)9-5-14-7-15-6-9/h2-7H,1H3,(H,16,17)(H,18,19). The number of nitrogens with one attached hydrogen (secondary N) is 1. The summed E-state index contributed by atoms with van der Waals surface area (Å²) in [7, 11) is 0. The van der Waals surface area contributed by atoms with E-state index < -0.39 is 5.97 Å². The topological polar surface area (TPSA) is 92.2 Å². The molecule has 2 aromatic rings. The number of carboxylic acids is 1. The fourth-order valence-electron chi connectivity index (χ4n) is 1.55. The molecule has 0 radical (unpaired) electrons. The predicted molar refractivity (Wildman–Crippen MR) is 68.1 cm³/mol. The Kier molecular flexibility index (Phi) is 3.51. The molecule has 0 aliphatic heterocycles. The minimum Gasteiger partial charge on any atom is -0.478 e. The largest absolute Gasteiger partial charge is 0.478 e. The third-order valence-corrected chi connectivity index (χ3v) is 2.55. The number of hydrogen-bond acceptors (Lipinski definition) is 4. The van der Waals surface area contributed by atoms with Crippen molar-refractivity contribution in [2.24, 2.45) is 0 Å². The number of carboxylic acid groups (broad SMARTS) is 1. The van der Waals surface area contributed by atoms with E-state index in [-0.39, 0.29) is 11.5 Å². The average Bonchev–Trinajstić information content (AvgIpc) is 2.41. The van der Waals surface area contributed by atoms with Crippen molar-refractivity contribution in [1.29, 1.82) is 0 Å². The molecule has 1 aromatic heterocycles. The first-order valence-corrected chi connectivity index (χ1v) is 5.48. The summed E-state index contributed by atoms with van der Waals surface area (Å²) in [5.74, 6) is -1.42. The van der Waals surface area contributed by atoms with Gasteiger partial charge in [0, 0.05) is 18.1 Å². The number of amides is 1. The zero-order chi connectivity index (χ0) is 13.8. The van der Waals surface area contributed by atoms with Gasteiger partial charge in [0.05, 0.1) is 11.1 Å². The highest BCUT2D eigenvalue weighted by atomic mass is 16.4. The van der Waals surface area contributed by atoms with Gasteiger partial charge in [0.1, 0.15) is 6.33 Å². The van der Waals surface area contributed by atoms with Crippen LogP contribution in [0.25, 0.3) is 0 Å². The Morgan fingerprint density at radius 3 is 2.53 bits per heavy atom. The fraction of sp³-hybridized carbons (Fsp3) is 0.0769. The van der Waals surface area contributed by atoms with Crippen molar-refractivity contribution in [3.05, 3.63) is 53.6 Å². The van der Waals surface area contributed by atoms with Crippen molar-refractivity contribution in [3.8, 4) is 0 Å². The Labute approximate surface area is 109 Å². The minimum atomic E-state index is -1.03. The molecular formula is C13H11N3O3. The smallest absolute Gasteiger partial charge is 0.336 e. The van der Waals surface area contributed by atoms with Crippen molar-refractivity contribution < 1.29 is 14.7 Å². The van der Waals surface area contributed by atoms with Crippen LogP contribution in [-0.4, -0.2) is 27.0 Å². The molecule has 19 heavy (non-hydrogen) atoms. The second-order valence-corrected chi connectivity index (χ2v) is 3.92. The zero-order valence-corrected chi connectivity index (χ0v) is 10.1. The lowest BCUT2D eigenvalue weighted by Gasteiger charge is -2.07. The second kappa shape index (κ2) is 5.26. The van der Waals surface area contributed by atoms with Gasteiger partial charge in [0.2, 0.25) is 0 Å². The third-order valence-electron chi connectivity index (χ3n) is 2.55. The average molecular weight is 257 g/mol. The number of aryl methyl sites for hydroxylation is 1. The fourth-order valence-corrected chi connectivity index (χ4v) is 1.55. The van der Waals surface area contributed by atoms with Gasteiger partial charge in [0.15, 0.2) is 0 Å². The van der Waals surface area contributed by atoms with Crippen LogP contribution in [0.15, 0.2) is 36.9 Å². The molecule has 1 aromatic carbocycles. The molecule has 1 heterocycles. The molecule has 96 valence electrons. The second-order valence-electron chi connectivity index (χ2n) is 3.92. The van der Waals surface area contributed by atoms with Gasteiger partial charge in [0.25, 0.3) is 5.91 Å². The SMILES string of the molecule is Cc1ccc(NC(=O)c2cncnc2)cc1C(=O)O. The number of anilines is 1. The summed E-state index contributed by atoms with van der Waals surface area (Å²) in [6.45, 7) is 1.69. The molecule has 0 spiro atoms. The molecule has 0 aliphatic rings. The summed E-state index contributed by atoms with van der Waals surface area (Å²) in [4.78, 5) is 30.3. The van der Waals surface area contributed by atoms with Crippen LogP contribution >= 0.6 is 0 Å². The monoisotopic (exact) mass is 257 g/mol. The molecule has 6 heteroatoms. The van der Waals surface area contributed by atoms with E-state index in [1.807, 2.05) is 0 Å². The lowest BCUT2D eigenvalue weighted by molar-refractivity contribution is 0.0695. The summed E-state index contributed by atoms with van der Waals surface area (Å²) in [5.41, 5.74) is 1.51. The number of aromatic carboxylic acids is 1. The van der Waals surface area contributed by atoms with Crippen molar-refractivity contribution in [3.63, 3.8) is 0 Å². The number of benzene rings is 1. The Morgan fingerprint density at radius 1 is 1.21 bits per heavy atom. The van der Waals surface area contributed by atoms with Crippen LogP contribution in [0, 0.1) is 6.92 Å². The summed E-state index contributed by atoms with van der Waals surface area (Å²) >= 11 is 0. The molecule has 0 aliphatic carbocycles. The van der Waals surface area contributed by atoms with Gasteiger partial charge < -0.3 is 10.4 Å². The number of carbonyl (C=O) groups excluding carboxylic acids is 1. The quantitative estimate of drug-likeness (QED) is 0.873. The van der Waals surface area contributed by atoms with Crippen LogP contribution in [0.3, 0.4) is 0 Å². The first kappa shape index (κ1) is 12.7. The van der Waals surface area contributed by atoms with Gasteiger partial charge in [-0.3, -0.25) is 4.79 Å². The van der Waals surface area contributed by atoms with Crippen LogP contribution in [0.2, 0.25) is 0 Å². The highest BCUT2D eigenvalue weighted by Crippen LogP contribution is 2.16. The van der Waals surface area contributed by atoms with Crippen molar-refractivity contribution >= 4 is 17.6 Å². The van der Waals surface area contributed by atoms with Gasteiger partial charge in [-0.2, -0.15) is 0 Å². The molecule has 0 unspecified atom stereocenters. The van der Waals surface area contributed by atoms with Gasteiger partial charge in [-0.15, -0.1) is 0 Å². The van der Waals surface area contributed by atoms with E-state index in [4.69, 9.17) is 5.11 Å². The van der Waals surface area contributed by atoms with E-state index in [1.54, 1.807) is 19.1 Å². The van der Waals surface area contributed by atoms with Crippen LogP contribution in [0.5, 0.6) is 0 Å². The molecule has 2 rings (SSSR count). The first-order valence-electron chi connectivity index (χ1n) is 5.48. The molecule has 1 amide bonds. The maximum absolute atomic E-state index is 11.8. The van der Waals surface area contributed by atoms with E-state index in [2.05, 4.69) is 15.3 Å². The molecule has 0 saturated heterocycles. The molecular weight excluding hydrogens is 246 g/mol. The van der Waals surface area contributed by atoms with Crippen LogP contribution in [-0.2, 0) is 0 Å². The molecule has 0 atom stereocenters. The van der Waals surface area contributed by atoms with Crippen molar-refractivity contribution in [2.45, 2.75) is 6.92 Å². The highest BCUT2D eigenvalue weighted by molar-refractivity contribution is 6.04. The van der Waals surface area contributed by atoms with E-state index in [0.717, 1.165) is 0 Å². The maximum Gasteiger partial charge on any atom is 0.336 e. The minimum absolute atomic E-state index is 0.155. The van der Waals surface area contributed by atoms with Crippen molar-refractivity contribution in [1.82, 2.24) is 9.97 Å². The van der Waals surface area contributed by atoms with Gasteiger partial charge in [-0.25, -0.2) is 14.8 Å². The van der Waals surface area contributed by atoms with E-state index in [0.29, 0.717) is 16.8 Å². The number of nitrogens with zero attached hydrogens (tertiary/aromatic N) is 2. The molecule has 6 nitrogen and oxygen atoms in total. The molecule has 2 N–H and O–H groups in total. The lowest BCUT2D eigenvalue weighted by Crippen LogP contribution is -2.13. The Morgan fingerprint density at radius 2 is 1.89 bits per heavy atom. The summed E-state index contributed by atoms with van der Waals surface area (Å²) in [5, 5.41) is 11.6. The zero-order valence-electron chi connectivity index (χ0n) is 10.1. The Hall–Kier alpha value is -2.76. The van der Waals surface area contributed by atoms with Gasteiger partial charge in [-0.05, 0) is 24.6 Å². The van der Waals surface area contributed by atoms with E-state index >= 15 is 0 Å². The highest BCUT2D eigenvalue weighted by Gasteiger charge is 2.10. The Balaban J connectivity index is 2.23. The third kappa shape index (κ3) is 2.92. The Bertz CT molecular complexity index is 626. The molecule has 0 saturated carbocycles. The predicted octanol–water partition coefficient (Wildman–Crippen LogP) is 1.74. The summed E-state index contributed by atoms with van der Waals surface area (Å²) in [6, 6.07) is 4.70. The van der Waals surface area contributed by atoms with Crippen LogP contribution in [0.4, 0.5) is 5.69 Å². The first-order chi connectivity index (χ1) is 9.08. The number of hydrogen-bond donors (Lipinski definition) is 2. The lowest BCUT2D eigenvalue weighted by atomic mass is 10.1. The van der Waals surface area contributed by atoms with E-state index in [9.17, 15) is 9.59 Å². The number of carbonyl (C=O) groups is 2. The molecule has 0 fully saturated rings. The van der Waals surface area contributed by atoms with Crippen molar-refractivity contribution in [2.75, 3.05) is 5.32 Å². The molecule has 0 bridgehead atoms. The van der Waals surface area contributed by atoms with Gasteiger partial charge in [-0.1, -0.05) is 6.07 Å². The van der Waals surface area contributed by atoms with E-state index in [1.165, 1.54) is 24.8 Å². The van der Waals surface area contributed by atoms with Gasteiger partial charge >= 0.3 is 5.97 Å². The number of rotatable bonds is 3. The maximum atomic E-state index is 11.8. The van der Waals surface area contributed by atoms with Crippen LogP contribution < -0.4 is 5.32 Å². The van der Waals surface area contributed by atoms with Crippen LogP contribution in [0.1, 0.15) is 26.3 Å². The summed E-state index contributed by atoms with van der Waals surface area (Å²) < 4.78 is 0.